The highest BCUT2D eigenvalue weighted by atomic mass is 16.5. The second-order valence-electron chi connectivity index (χ2n) is 5.22. The lowest BCUT2D eigenvalue weighted by Gasteiger charge is -2.30. The fraction of sp³-hybridized carbons (Fsp3) is 1.00. The predicted octanol–water partition coefficient (Wildman–Crippen LogP) is 3.49. The van der Waals surface area contributed by atoms with Gasteiger partial charge in [-0.1, -0.05) is 39.5 Å². The Morgan fingerprint density at radius 1 is 1.31 bits per heavy atom. The van der Waals surface area contributed by atoms with Gasteiger partial charge in [-0.25, -0.2) is 0 Å². The largest absolute Gasteiger partial charge is 0.377 e. The highest BCUT2D eigenvalue weighted by molar-refractivity contribution is 4.78. The van der Waals surface area contributed by atoms with Crippen molar-refractivity contribution >= 4 is 0 Å². The number of ether oxygens (including phenoxy) is 1. The second-order valence-corrected chi connectivity index (χ2v) is 5.22. The SMILES string of the molecule is CCCCC(CC)CC(N)C1CCCCO1. The summed E-state index contributed by atoms with van der Waals surface area (Å²) in [5.74, 6) is 0.806. The van der Waals surface area contributed by atoms with E-state index in [4.69, 9.17) is 10.5 Å². The average molecular weight is 227 g/mol. The quantitative estimate of drug-likeness (QED) is 0.722. The highest BCUT2D eigenvalue weighted by Gasteiger charge is 2.23. The molecular formula is C14H29NO. The summed E-state index contributed by atoms with van der Waals surface area (Å²) in [6, 6.07) is 0.266. The summed E-state index contributed by atoms with van der Waals surface area (Å²) in [6.07, 6.45) is 10.4. The summed E-state index contributed by atoms with van der Waals surface area (Å²) in [5.41, 5.74) is 6.27. The van der Waals surface area contributed by atoms with Crippen LogP contribution in [0, 0.1) is 5.92 Å². The molecule has 96 valence electrons. The van der Waals surface area contributed by atoms with Crippen LogP contribution < -0.4 is 5.73 Å². The molecule has 3 atom stereocenters. The minimum Gasteiger partial charge on any atom is -0.377 e. The standard InChI is InChI=1S/C14H29NO/c1-3-5-8-12(4-2)11-13(15)14-9-6-7-10-16-14/h12-14H,3-11,15H2,1-2H3. The number of rotatable bonds is 7. The maximum atomic E-state index is 6.27. The van der Waals surface area contributed by atoms with Crippen LogP contribution in [0.25, 0.3) is 0 Å². The lowest BCUT2D eigenvalue weighted by molar-refractivity contribution is -0.00443. The van der Waals surface area contributed by atoms with Crippen molar-refractivity contribution in [1.29, 1.82) is 0 Å². The van der Waals surface area contributed by atoms with Crippen molar-refractivity contribution < 1.29 is 4.74 Å². The summed E-state index contributed by atoms with van der Waals surface area (Å²) in [7, 11) is 0. The van der Waals surface area contributed by atoms with Crippen molar-refractivity contribution in [2.24, 2.45) is 11.7 Å². The van der Waals surface area contributed by atoms with E-state index in [-0.39, 0.29) is 6.04 Å². The third kappa shape index (κ3) is 4.84. The molecule has 0 saturated carbocycles. The van der Waals surface area contributed by atoms with Gasteiger partial charge >= 0.3 is 0 Å². The van der Waals surface area contributed by atoms with Crippen LogP contribution in [0.2, 0.25) is 0 Å². The van der Waals surface area contributed by atoms with Crippen molar-refractivity contribution in [2.45, 2.75) is 77.4 Å². The monoisotopic (exact) mass is 227 g/mol. The first-order chi connectivity index (χ1) is 7.77. The molecule has 0 aliphatic carbocycles. The first-order valence-corrected chi connectivity index (χ1v) is 7.15. The summed E-state index contributed by atoms with van der Waals surface area (Å²) >= 11 is 0. The molecule has 0 amide bonds. The molecule has 1 saturated heterocycles. The molecule has 0 spiro atoms. The Labute approximate surface area is 101 Å². The van der Waals surface area contributed by atoms with E-state index in [0.717, 1.165) is 18.9 Å². The molecule has 1 heterocycles. The van der Waals surface area contributed by atoms with Crippen LogP contribution >= 0.6 is 0 Å². The van der Waals surface area contributed by atoms with E-state index >= 15 is 0 Å². The van der Waals surface area contributed by atoms with Gasteiger partial charge in [0, 0.05) is 12.6 Å². The van der Waals surface area contributed by atoms with Gasteiger partial charge < -0.3 is 10.5 Å². The summed E-state index contributed by atoms with van der Waals surface area (Å²) in [4.78, 5) is 0. The summed E-state index contributed by atoms with van der Waals surface area (Å²) in [5, 5.41) is 0. The van der Waals surface area contributed by atoms with E-state index in [0.29, 0.717) is 6.10 Å². The van der Waals surface area contributed by atoms with Crippen LogP contribution in [0.3, 0.4) is 0 Å². The molecule has 0 aromatic rings. The van der Waals surface area contributed by atoms with Gasteiger partial charge in [0.25, 0.3) is 0 Å². The Kier molecular flexibility index (Phi) is 7.06. The zero-order valence-corrected chi connectivity index (χ0v) is 11.1. The molecule has 1 rings (SSSR count). The van der Waals surface area contributed by atoms with Crippen molar-refractivity contribution in [2.75, 3.05) is 6.61 Å². The molecular weight excluding hydrogens is 198 g/mol. The molecule has 0 radical (unpaired) electrons. The smallest absolute Gasteiger partial charge is 0.0726 e. The van der Waals surface area contributed by atoms with E-state index in [1.807, 2.05) is 0 Å². The molecule has 0 aromatic heterocycles. The number of hydrogen-bond donors (Lipinski definition) is 1. The van der Waals surface area contributed by atoms with Crippen LogP contribution in [-0.4, -0.2) is 18.8 Å². The second kappa shape index (κ2) is 8.08. The summed E-state index contributed by atoms with van der Waals surface area (Å²) in [6.45, 7) is 5.47. The number of unbranched alkanes of at least 4 members (excludes halogenated alkanes) is 1. The van der Waals surface area contributed by atoms with Gasteiger partial charge in [0.1, 0.15) is 0 Å². The molecule has 0 aromatic carbocycles. The molecule has 2 nitrogen and oxygen atoms in total. The Morgan fingerprint density at radius 2 is 2.12 bits per heavy atom. The van der Waals surface area contributed by atoms with E-state index in [9.17, 15) is 0 Å². The third-order valence-electron chi connectivity index (χ3n) is 3.84. The van der Waals surface area contributed by atoms with E-state index < -0.39 is 0 Å². The lowest BCUT2D eigenvalue weighted by atomic mass is 9.88. The molecule has 3 unspecified atom stereocenters. The van der Waals surface area contributed by atoms with Crippen molar-refractivity contribution in [3.05, 3.63) is 0 Å². The maximum absolute atomic E-state index is 6.27. The van der Waals surface area contributed by atoms with Crippen molar-refractivity contribution in [3.8, 4) is 0 Å². The van der Waals surface area contributed by atoms with E-state index in [1.54, 1.807) is 0 Å². The summed E-state index contributed by atoms with van der Waals surface area (Å²) < 4.78 is 5.76. The third-order valence-corrected chi connectivity index (χ3v) is 3.84. The van der Waals surface area contributed by atoms with Gasteiger partial charge in [0.2, 0.25) is 0 Å². The Morgan fingerprint density at radius 3 is 2.69 bits per heavy atom. The van der Waals surface area contributed by atoms with Crippen LogP contribution in [0.1, 0.15) is 65.2 Å². The number of hydrogen-bond acceptors (Lipinski definition) is 2. The Balaban J connectivity index is 2.26. The van der Waals surface area contributed by atoms with Gasteiger partial charge in [0.05, 0.1) is 6.10 Å². The number of nitrogens with two attached hydrogens (primary N) is 1. The first kappa shape index (κ1) is 14.0. The highest BCUT2D eigenvalue weighted by Crippen LogP contribution is 2.23. The normalized spacial score (nSPS) is 25.3. The van der Waals surface area contributed by atoms with Gasteiger partial charge in [-0.3, -0.25) is 0 Å². The fourth-order valence-electron chi connectivity index (χ4n) is 2.62. The molecule has 0 bridgehead atoms. The molecule has 1 fully saturated rings. The van der Waals surface area contributed by atoms with Gasteiger partial charge in [-0.2, -0.15) is 0 Å². The van der Waals surface area contributed by atoms with Crippen LogP contribution in [-0.2, 0) is 4.74 Å². The van der Waals surface area contributed by atoms with Gasteiger partial charge in [-0.15, -0.1) is 0 Å². The first-order valence-electron chi connectivity index (χ1n) is 7.15. The van der Waals surface area contributed by atoms with Crippen LogP contribution in [0.4, 0.5) is 0 Å². The topological polar surface area (TPSA) is 35.2 Å². The maximum Gasteiger partial charge on any atom is 0.0726 e. The van der Waals surface area contributed by atoms with Gasteiger partial charge in [0.15, 0.2) is 0 Å². The molecule has 2 heteroatoms. The predicted molar refractivity (Wildman–Crippen MR) is 69.5 cm³/mol. The Bertz CT molecular complexity index is 166. The molecule has 16 heavy (non-hydrogen) atoms. The zero-order valence-electron chi connectivity index (χ0n) is 11.1. The van der Waals surface area contributed by atoms with Gasteiger partial charge in [-0.05, 0) is 31.6 Å². The minimum atomic E-state index is 0.266. The van der Waals surface area contributed by atoms with Crippen LogP contribution in [0.5, 0.6) is 0 Å². The molecule has 1 aliphatic rings. The van der Waals surface area contributed by atoms with Crippen molar-refractivity contribution in [3.63, 3.8) is 0 Å². The average Bonchev–Trinajstić information content (AvgIpc) is 2.35. The Hall–Kier alpha value is -0.0800. The minimum absolute atomic E-state index is 0.266. The molecule has 2 N–H and O–H groups in total. The lowest BCUT2D eigenvalue weighted by Crippen LogP contribution is -2.40. The fourth-order valence-corrected chi connectivity index (χ4v) is 2.62. The zero-order chi connectivity index (χ0) is 11.8. The van der Waals surface area contributed by atoms with Crippen molar-refractivity contribution in [1.82, 2.24) is 0 Å². The molecule has 1 aliphatic heterocycles. The van der Waals surface area contributed by atoms with E-state index in [2.05, 4.69) is 13.8 Å². The van der Waals surface area contributed by atoms with E-state index in [1.165, 1.54) is 44.9 Å². The van der Waals surface area contributed by atoms with Crippen LogP contribution in [0.15, 0.2) is 0 Å².